The van der Waals surface area contributed by atoms with Crippen molar-refractivity contribution in [3.63, 3.8) is 0 Å². The van der Waals surface area contributed by atoms with E-state index in [1.165, 1.54) is 43.8 Å². The molecule has 0 aromatic heterocycles. The van der Waals surface area contributed by atoms with Gasteiger partial charge in [-0.2, -0.15) is 0 Å². The van der Waals surface area contributed by atoms with E-state index < -0.39 is 0 Å². The van der Waals surface area contributed by atoms with Crippen LogP contribution >= 0.6 is 0 Å². The number of hydrogen-bond donors (Lipinski definition) is 2. The standard InChI is InChI=1S/C26H20N2/c27-21-11-7-17(8-12-21)23-5-1-3-19-15-20-4-2-6-24(26(20)16-25(19)23)18-9-13-22(28)14-10-18/h1-16H,27-28H2. The predicted octanol–water partition coefficient (Wildman–Crippen LogP) is 6.49. The first kappa shape index (κ1) is 16.4. The summed E-state index contributed by atoms with van der Waals surface area (Å²) in [5, 5.41) is 4.94. The molecular formula is C26H20N2. The van der Waals surface area contributed by atoms with Crippen LogP contribution in [0.4, 0.5) is 11.4 Å². The van der Waals surface area contributed by atoms with Crippen molar-refractivity contribution in [2.45, 2.75) is 0 Å². The average Bonchev–Trinajstić information content (AvgIpc) is 2.73. The lowest BCUT2D eigenvalue weighted by Crippen LogP contribution is -1.87. The molecule has 2 heteroatoms. The molecule has 2 nitrogen and oxygen atoms in total. The molecule has 0 amide bonds. The van der Waals surface area contributed by atoms with Gasteiger partial charge in [0, 0.05) is 11.4 Å². The van der Waals surface area contributed by atoms with E-state index in [1.807, 2.05) is 24.3 Å². The molecule has 4 N–H and O–H groups in total. The molecule has 0 aliphatic carbocycles. The molecule has 5 aromatic rings. The zero-order chi connectivity index (χ0) is 19.1. The molecule has 28 heavy (non-hydrogen) atoms. The predicted molar refractivity (Wildman–Crippen MR) is 121 cm³/mol. The van der Waals surface area contributed by atoms with Crippen LogP contribution in [0.25, 0.3) is 43.8 Å². The number of nitrogen functional groups attached to an aromatic ring is 2. The molecule has 0 heterocycles. The minimum absolute atomic E-state index is 0.778. The average molecular weight is 360 g/mol. The third-order valence-corrected chi connectivity index (χ3v) is 5.32. The first-order valence-corrected chi connectivity index (χ1v) is 9.36. The van der Waals surface area contributed by atoms with Crippen LogP contribution in [0, 0.1) is 0 Å². The Morgan fingerprint density at radius 2 is 0.857 bits per heavy atom. The Morgan fingerprint density at radius 3 is 1.29 bits per heavy atom. The summed E-state index contributed by atoms with van der Waals surface area (Å²) in [6.45, 7) is 0. The van der Waals surface area contributed by atoms with Crippen molar-refractivity contribution in [2.24, 2.45) is 0 Å². The summed E-state index contributed by atoms with van der Waals surface area (Å²) < 4.78 is 0. The van der Waals surface area contributed by atoms with Crippen LogP contribution in [0.3, 0.4) is 0 Å². The molecule has 0 atom stereocenters. The van der Waals surface area contributed by atoms with Crippen molar-refractivity contribution >= 4 is 32.9 Å². The molecule has 134 valence electrons. The van der Waals surface area contributed by atoms with Gasteiger partial charge in [0.05, 0.1) is 0 Å². The van der Waals surface area contributed by atoms with E-state index in [0.717, 1.165) is 11.4 Å². The van der Waals surface area contributed by atoms with Crippen molar-refractivity contribution in [1.29, 1.82) is 0 Å². The Labute approximate surface area is 164 Å². The molecule has 5 rings (SSSR count). The lowest BCUT2D eigenvalue weighted by atomic mass is 9.92. The lowest BCUT2D eigenvalue weighted by Gasteiger charge is -2.12. The molecule has 0 aliphatic heterocycles. The normalized spacial score (nSPS) is 11.1. The van der Waals surface area contributed by atoms with Gasteiger partial charge in [-0.05, 0) is 80.2 Å². The van der Waals surface area contributed by atoms with Crippen LogP contribution in [0.15, 0.2) is 97.1 Å². The molecular weight excluding hydrogens is 340 g/mol. The maximum absolute atomic E-state index is 5.88. The van der Waals surface area contributed by atoms with E-state index >= 15 is 0 Å². The highest BCUT2D eigenvalue weighted by molar-refractivity contribution is 6.09. The Hall–Kier alpha value is -3.78. The molecule has 0 saturated heterocycles. The number of fused-ring (bicyclic) bond motifs is 2. The number of hydrogen-bond acceptors (Lipinski definition) is 2. The van der Waals surface area contributed by atoms with Crippen LogP contribution in [-0.4, -0.2) is 0 Å². The van der Waals surface area contributed by atoms with Crippen LogP contribution in [0.5, 0.6) is 0 Å². The second-order valence-electron chi connectivity index (χ2n) is 7.15. The van der Waals surface area contributed by atoms with Gasteiger partial charge in [-0.3, -0.25) is 0 Å². The molecule has 0 radical (unpaired) electrons. The van der Waals surface area contributed by atoms with Crippen molar-refractivity contribution in [1.82, 2.24) is 0 Å². The Balaban J connectivity index is 1.80. The van der Waals surface area contributed by atoms with E-state index in [1.54, 1.807) is 0 Å². The molecule has 5 aromatic carbocycles. The van der Waals surface area contributed by atoms with E-state index in [-0.39, 0.29) is 0 Å². The van der Waals surface area contributed by atoms with E-state index in [9.17, 15) is 0 Å². The highest BCUT2D eigenvalue weighted by Crippen LogP contribution is 2.36. The highest BCUT2D eigenvalue weighted by Gasteiger charge is 2.09. The zero-order valence-electron chi connectivity index (χ0n) is 15.4. The number of benzene rings is 5. The zero-order valence-corrected chi connectivity index (χ0v) is 15.4. The summed E-state index contributed by atoms with van der Waals surface area (Å²) in [7, 11) is 0. The summed E-state index contributed by atoms with van der Waals surface area (Å²) >= 11 is 0. The van der Waals surface area contributed by atoms with Crippen molar-refractivity contribution in [3.8, 4) is 22.3 Å². The molecule has 0 fully saturated rings. The quantitative estimate of drug-likeness (QED) is 0.279. The maximum Gasteiger partial charge on any atom is 0.0314 e. The number of nitrogens with two attached hydrogens (primary N) is 2. The van der Waals surface area contributed by atoms with Gasteiger partial charge >= 0.3 is 0 Å². The summed E-state index contributed by atoms with van der Waals surface area (Å²) in [4.78, 5) is 0. The molecule has 0 unspecified atom stereocenters. The first-order chi connectivity index (χ1) is 13.7. The van der Waals surface area contributed by atoms with E-state index in [2.05, 4.69) is 72.8 Å². The minimum atomic E-state index is 0.778. The van der Waals surface area contributed by atoms with Crippen molar-refractivity contribution in [3.05, 3.63) is 97.1 Å². The van der Waals surface area contributed by atoms with Gasteiger partial charge in [0.25, 0.3) is 0 Å². The Bertz CT molecular complexity index is 1200. The summed E-state index contributed by atoms with van der Waals surface area (Å²) in [5.74, 6) is 0. The van der Waals surface area contributed by atoms with Crippen LogP contribution < -0.4 is 11.5 Å². The first-order valence-electron chi connectivity index (χ1n) is 9.36. The van der Waals surface area contributed by atoms with E-state index in [0.29, 0.717) is 0 Å². The van der Waals surface area contributed by atoms with E-state index in [4.69, 9.17) is 11.5 Å². The van der Waals surface area contributed by atoms with Gasteiger partial charge < -0.3 is 11.5 Å². The second-order valence-corrected chi connectivity index (χ2v) is 7.15. The molecule has 0 aliphatic rings. The van der Waals surface area contributed by atoms with Gasteiger partial charge in [-0.25, -0.2) is 0 Å². The smallest absolute Gasteiger partial charge is 0.0314 e. The monoisotopic (exact) mass is 360 g/mol. The van der Waals surface area contributed by atoms with Crippen LogP contribution in [-0.2, 0) is 0 Å². The van der Waals surface area contributed by atoms with Crippen molar-refractivity contribution in [2.75, 3.05) is 11.5 Å². The van der Waals surface area contributed by atoms with Crippen LogP contribution in [0.2, 0.25) is 0 Å². The van der Waals surface area contributed by atoms with Gasteiger partial charge in [0.2, 0.25) is 0 Å². The van der Waals surface area contributed by atoms with Gasteiger partial charge in [0.15, 0.2) is 0 Å². The minimum Gasteiger partial charge on any atom is -0.399 e. The summed E-state index contributed by atoms with van der Waals surface area (Å²) in [6, 6.07) is 33.6. The fourth-order valence-electron chi connectivity index (χ4n) is 3.88. The van der Waals surface area contributed by atoms with Gasteiger partial charge in [-0.1, -0.05) is 60.7 Å². The van der Waals surface area contributed by atoms with Gasteiger partial charge in [0.1, 0.15) is 0 Å². The maximum atomic E-state index is 5.88. The molecule has 0 saturated carbocycles. The molecule has 0 bridgehead atoms. The lowest BCUT2D eigenvalue weighted by molar-refractivity contribution is 1.63. The topological polar surface area (TPSA) is 52.0 Å². The van der Waals surface area contributed by atoms with Crippen LogP contribution in [0.1, 0.15) is 0 Å². The SMILES string of the molecule is Nc1ccc(-c2cccc3cc4cccc(-c5ccc(N)cc5)c4cc23)cc1. The Kier molecular flexibility index (Phi) is 3.77. The third kappa shape index (κ3) is 2.76. The fraction of sp³-hybridized carbons (Fsp3) is 0. The number of rotatable bonds is 2. The largest absolute Gasteiger partial charge is 0.399 e. The number of anilines is 2. The Morgan fingerprint density at radius 1 is 0.429 bits per heavy atom. The van der Waals surface area contributed by atoms with Crippen molar-refractivity contribution < 1.29 is 0 Å². The summed E-state index contributed by atoms with van der Waals surface area (Å²) in [6.07, 6.45) is 0. The summed E-state index contributed by atoms with van der Waals surface area (Å²) in [5.41, 5.74) is 18.1. The second kappa shape index (κ2) is 6.43. The fourth-order valence-corrected chi connectivity index (χ4v) is 3.88. The third-order valence-electron chi connectivity index (χ3n) is 5.32. The highest BCUT2D eigenvalue weighted by atomic mass is 14.5. The van der Waals surface area contributed by atoms with Gasteiger partial charge in [-0.15, -0.1) is 0 Å². The molecule has 0 spiro atoms.